The highest BCUT2D eigenvalue weighted by Gasteiger charge is 2.19. The maximum atomic E-state index is 12.8. The van der Waals surface area contributed by atoms with Crippen LogP contribution in [0.3, 0.4) is 0 Å². The van der Waals surface area contributed by atoms with Crippen LogP contribution in [0.5, 0.6) is 5.75 Å². The van der Waals surface area contributed by atoms with Crippen LogP contribution in [-0.2, 0) is 4.79 Å². The highest BCUT2D eigenvalue weighted by atomic mass is 16.5. The van der Waals surface area contributed by atoms with Crippen LogP contribution in [0.4, 0.5) is 11.4 Å². The number of hydrogen-bond donors (Lipinski definition) is 3. The maximum Gasteiger partial charge on any atom is 0.255 e. The molecule has 0 saturated heterocycles. The largest absolute Gasteiger partial charge is 0.497 e. The fraction of sp³-hybridized carbons (Fsp3) is 0.125. The second kappa shape index (κ2) is 10.1. The number of methoxy groups -OCH3 is 1. The number of para-hydroxylation sites is 1. The van der Waals surface area contributed by atoms with E-state index in [1.54, 1.807) is 86.8 Å². The molecule has 3 aromatic carbocycles. The first-order valence-corrected chi connectivity index (χ1v) is 9.69. The van der Waals surface area contributed by atoms with E-state index in [9.17, 15) is 14.4 Å². The van der Waals surface area contributed by atoms with Gasteiger partial charge in [-0.25, -0.2) is 0 Å². The lowest BCUT2D eigenvalue weighted by atomic mass is 10.1. The van der Waals surface area contributed by atoms with Gasteiger partial charge in [-0.2, -0.15) is 0 Å². The molecule has 7 nitrogen and oxygen atoms in total. The Kier molecular flexibility index (Phi) is 7.01. The van der Waals surface area contributed by atoms with Gasteiger partial charge in [-0.1, -0.05) is 30.3 Å². The third-order valence-corrected chi connectivity index (χ3v) is 4.55. The van der Waals surface area contributed by atoms with Crippen molar-refractivity contribution < 1.29 is 19.1 Å². The lowest BCUT2D eigenvalue weighted by Crippen LogP contribution is -2.41. The predicted molar refractivity (Wildman–Crippen MR) is 119 cm³/mol. The van der Waals surface area contributed by atoms with Crippen molar-refractivity contribution in [3.63, 3.8) is 0 Å². The molecule has 0 heterocycles. The zero-order valence-corrected chi connectivity index (χ0v) is 17.2. The van der Waals surface area contributed by atoms with Gasteiger partial charge in [0.25, 0.3) is 11.8 Å². The number of hydrogen-bond acceptors (Lipinski definition) is 4. The van der Waals surface area contributed by atoms with E-state index in [0.717, 1.165) is 0 Å². The molecule has 0 aliphatic heterocycles. The Morgan fingerprint density at radius 1 is 0.774 bits per heavy atom. The Labute approximate surface area is 180 Å². The number of anilines is 2. The molecule has 1 atom stereocenters. The van der Waals surface area contributed by atoms with Gasteiger partial charge in [-0.3, -0.25) is 14.4 Å². The van der Waals surface area contributed by atoms with Crippen LogP contribution in [0, 0.1) is 0 Å². The average Bonchev–Trinajstić information content (AvgIpc) is 2.80. The van der Waals surface area contributed by atoms with E-state index < -0.39 is 11.9 Å². The first-order valence-electron chi connectivity index (χ1n) is 9.69. The van der Waals surface area contributed by atoms with Crippen LogP contribution in [0.2, 0.25) is 0 Å². The van der Waals surface area contributed by atoms with Crippen molar-refractivity contribution in [2.45, 2.75) is 13.0 Å². The standard InChI is InChI=1S/C24H23N3O4/c1-16(22(28)26-18-12-14-19(31-2)15-13-18)25-24(30)20-10-6-7-11-21(20)27-23(29)17-8-4-3-5-9-17/h3-16H,1-2H3,(H,25,30)(H,26,28)(H,27,29)/t16-/m1/s1. The van der Waals surface area contributed by atoms with Gasteiger partial charge in [0.2, 0.25) is 5.91 Å². The minimum absolute atomic E-state index is 0.260. The van der Waals surface area contributed by atoms with Crippen LogP contribution < -0.4 is 20.7 Å². The zero-order chi connectivity index (χ0) is 22.2. The Balaban J connectivity index is 1.65. The fourth-order valence-electron chi connectivity index (χ4n) is 2.84. The number of benzene rings is 3. The summed E-state index contributed by atoms with van der Waals surface area (Å²) in [5.74, 6) is -0.495. The van der Waals surface area contributed by atoms with Crippen molar-refractivity contribution >= 4 is 29.1 Å². The van der Waals surface area contributed by atoms with Crippen molar-refractivity contribution in [3.8, 4) is 5.75 Å². The normalized spacial score (nSPS) is 11.2. The number of carbonyl (C=O) groups excluding carboxylic acids is 3. The molecule has 0 aliphatic rings. The molecule has 3 N–H and O–H groups in total. The van der Waals surface area contributed by atoms with E-state index in [-0.39, 0.29) is 17.4 Å². The number of carbonyl (C=O) groups is 3. The highest BCUT2D eigenvalue weighted by Crippen LogP contribution is 2.17. The summed E-state index contributed by atoms with van der Waals surface area (Å²) in [6.45, 7) is 1.59. The summed E-state index contributed by atoms with van der Waals surface area (Å²) >= 11 is 0. The lowest BCUT2D eigenvalue weighted by Gasteiger charge is -2.16. The van der Waals surface area contributed by atoms with Crippen molar-refractivity contribution in [2.24, 2.45) is 0 Å². The molecule has 3 amide bonds. The summed E-state index contributed by atoms with van der Waals surface area (Å²) in [7, 11) is 1.56. The number of ether oxygens (including phenoxy) is 1. The SMILES string of the molecule is COc1ccc(NC(=O)[C@@H](C)NC(=O)c2ccccc2NC(=O)c2ccccc2)cc1. The summed E-state index contributed by atoms with van der Waals surface area (Å²) in [6.07, 6.45) is 0. The maximum absolute atomic E-state index is 12.8. The van der Waals surface area contributed by atoms with Gasteiger partial charge in [0.05, 0.1) is 18.4 Å². The van der Waals surface area contributed by atoms with Crippen molar-refractivity contribution in [2.75, 3.05) is 17.7 Å². The Bertz CT molecular complexity index is 1070. The van der Waals surface area contributed by atoms with Gasteiger partial charge in [0.1, 0.15) is 11.8 Å². The highest BCUT2D eigenvalue weighted by molar-refractivity contribution is 6.09. The minimum Gasteiger partial charge on any atom is -0.497 e. The van der Waals surface area contributed by atoms with E-state index in [2.05, 4.69) is 16.0 Å². The molecule has 0 spiro atoms. The Hall–Kier alpha value is -4.13. The van der Waals surface area contributed by atoms with E-state index in [1.165, 1.54) is 0 Å². The summed E-state index contributed by atoms with van der Waals surface area (Å²) in [6, 6.07) is 21.4. The summed E-state index contributed by atoms with van der Waals surface area (Å²) in [5, 5.41) is 8.15. The van der Waals surface area contributed by atoms with E-state index >= 15 is 0 Å². The van der Waals surface area contributed by atoms with Gasteiger partial charge < -0.3 is 20.7 Å². The summed E-state index contributed by atoms with van der Waals surface area (Å²) in [5.41, 5.74) is 1.68. The van der Waals surface area contributed by atoms with Crippen LogP contribution in [0.15, 0.2) is 78.9 Å². The van der Waals surface area contributed by atoms with Gasteiger partial charge in [0.15, 0.2) is 0 Å². The average molecular weight is 417 g/mol. The van der Waals surface area contributed by atoms with Gasteiger partial charge >= 0.3 is 0 Å². The van der Waals surface area contributed by atoms with E-state index in [0.29, 0.717) is 22.7 Å². The van der Waals surface area contributed by atoms with Gasteiger partial charge in [-0.15, -0.1) is 0 Å². The molecular formula is C24H23N3O4. The van der Waals surface area contributed by atoms with Gasteiger partial charge in [0, 0.05) is 11.3 Å². The molecular weight excluding hydrogens is 394 g/mol. The summed E-state index contributed by atoms with van der Waals surface area (Å²) < 4.78 is 5.09. The third kappa shape index (κ3) is 5.70. The van der Waals surface area contributed by atoms with Crippen molar-refractivity contribution in [1.29, 1.82) is 0 Å². The number of amides is 3. The first-order chi connectivity index (χ1) is 15.0. The van der Waals surface area contributed by atoms with Crippen LogP contribution in [-0.4, -0.2) is 30.9 Å². The van der Waals surface area contributed by atoms with Crippen molar-refractivity contribution in [1.82, 2.24) is 5.32 Å². The lowest BCUT2D eigenvalue weighted by molar-refractivity contribution is -0.117. The molecule has 0 aromatic heterocycles. The molecule has 0 aliphatic carbocycles. The first kappa shape index (κ1) is 21.6. The number of rotatable bonds is 7. The second-order valence-electron chi connectivity index (χ2n) is 6.78. The van der Waals surface area contributed by atoms with E-state index in [1.807, 2.05) is 6.07 Å². The third-order valence-electron chi connectivity index (χ3n) is 4.55. The number of nitrogens with one attached hydrogen (secondary N) is 3. The fourth-order valence-corrected chi connectivity index (χ4v) is 2.84. The van der Waals surface area contributed by atoms with Crippen LogP contribution in [0.25, 0.3) is 0 Å². The Morgan fingerprint density at radius 3 is 2.10 bits per heavy atom. The monoisotopic (exact) mass is 417 g/mol. The van der Waals surface area contributed by atoms with Crippen LogP contribution in [0.1, 0.15) is 27.6 Å². The quantitative estimate of drug-likeness (QED) is 0.546. The van der Waals surface area contributed by atoms with Crippen LogP contribution >= 0.6 is 0 Å². The van der Waals surface area contributed by atoms with Gasteiger partial charge in [-0.05, 0) is 55.5 Å². The molecule has 0 saturated carbocycles. The molecule has 158 valence electrons. The molecule has 3 rings (SSSR count). The minimum atomic E-state index is -0.799. The molecule has 0 fully saturated rings. The zero-order valence-electron chi connectivity index (χ0n) is 17.2. The molecule has 0 unspecified atom stereocenters. The predicted octanol–water partition coefficient (Wildman–Crippen LogP) is 3.70. The molecule has 0 bridgehead atoms. The second-order valence-corrected chi connectivity index (χ2v) is 6.78. The Morgan fingerprint density at radius 2 is 1.42 bits per heavy atom. The molecule has 3 aromatic rings. The van der Waals surface area contributed by atoms with Crippen molar-refractivity contribution in [3.05, 3.63) is 90.0 Å². The van der Waals surface area contributed by atoms with E-state index in [4.69, 9.17) is 4.74 Å². The summed E-state index contributed by atoms with van der Waals surface area (Å²) in [4.78, 5) is 37.7. The topological polar surface area (TPSA) is 96.5 Å². The smallest absolute Gasteiger partial charge is 0.255 e. The molecule has 0 radical (unpaired) electrons. The molecule has 7 heteroatoms. The molecule has 31 heavy (non-hydrogen) atoms.